The van der Waals surface area contributed by atoms with Gasteiger partial charge < -0.3 is 5.32 Å². The number of anilines is 1. The highest BCUT2D eigenvalue weighted by Crippen LogP contribution is 2.25. The zero-order chi connectivity index (χ0) is 11.4. The van der Waals surface area contributed by atoms with Gasteiger partial charge in [-0.2, -0.15) is 0 Å². The average Bonchev–Trinajstić information content (AvgIpc) is 2.73. The van der Waals surface area contributed by atoms with Gasteiger partial charge in [-0.05, 0) is 24.8 Å². The zero-order valence-electron chi connectivity index (χ0n) is 9.53. The Labute approximate surface area is 99.6 Å². The number of nitrogens with zero attached hydrogens (tertiary/aromatic N) is 2. The molecule has 0 spiro atoms. The molecule has 4 heteroatoms. The van der Waals surface area contributed by atoms with Crippen LogP contribution in [0.15, 0.2) is 23.8 Å². The molecule has 2 rings (SSSR count). The summed E-state index contributed by atoms with van der Waals surface area (Å²) >= 11 is 1.73. The van der Waals surface area contributed by atoms with Gasteiger partial charge in [0.1, 0.15) is 5.82 Å². The molecule has 0 atom stereocenters. The van der Waals surface area contributed by atoms with Crippen molar-refractivity contribution in [1.82, 2.24) is 9.97 Å². The summed E-state index contributed by atoms with van der Waals surface area (Å²) in [4.78, 5) is 10.0. The van der Waals surface area contributed by atoms with Crippen molar-refractivity contribution in [3.8, 4) is 11.3 Å². The van der Waals surface area contributed by atoms with Crippen LogP contribution in [0.1, 0.15) is 18.2 Å². The predicted octanol–water partition coefficient (Wildman–Crippen LogP) is 3.34. The fourth-order valence-corrected chi connectivity index (χ4v) is 2.19. The summed E-state index contributed by atoms with van der Waals surface area (Å²) in [7, 11) is 0. The molecular formula is C12H15N3S. The number of hydrogen-bond acceptors (Lipinski definition) is 4. The Morgan fingerprint density at radius 2 is 2.25 bits per heavy atom. The maximum absolute atomic E-state index is 4.55. The largest absolute Gasteiger partial charge is 0.369 e. The lowest BCUT2D eigenvalue weighted by molar-refractivity contribution is 0.965. The van der Waals surface area contributed by atoms with E-state index >= 15 is 0 Å². The van der Waals surface area contributed by atoms with Crippen LogP contribution in [-0.2, 0) is 0 Å². The lowest BCUT2D eigenvalue weighted by Gasteiger charge is -2.05. The van der Waals surface area contributed by atoms with Crippen molar-refractivity contribution in [2.75, 3.05) is 11.9 Å². The van der Waals surface area contributed by atoms with Crippen molar-refractivity contribution in [2.24, 2.45) is 0 Å². The van der Waals surface area contributed by atoms with E-state index in [1.807, 2.05) is 6.20 Å². The Bertz CT molecular complexity index is 465. The maximum Gasteiger partial charge on any atom is 0.145 e. The summed E-state index contributed by atoms with van der Waals surface area (Å²) in [5.41, 5.74) is 2.12. The first-order valence-electron chi connectivity index (χ1n) is 5.41. The molecule has 2 heterocycles. The van der Waals surface area contributed by atoms with E-state index in [0.717, 1.165) is 24.5 Å². The molecule has 0 radical (unpaired) electrons. The van der Waals surface area contributed by atoms with E-state index in [2.05, 4.69) is 40.6 Å². The molecule has 3 nitrogen and oxygen atoms in total. The molecule has 0 aliphatic rings. The summed E-state index contributed by atoms with van der Waals surface area (Å²) in [6, 6.07) is 2.09. The van der Waals surface area contributed by atoms with Crippen LogP contribution >= 0.6 is 11.3 Å². The molecule has 0 saturated heterocycles. The van der Waals surface area contributed by atoms with Gasteiger partial charge in [-0.3, -0.25) is 4.98 Å². The van der Waals surface area contributed by atoms with Gasteiger partial charge in [-0.1, -0.05) is 6.92 Å². The summed E-state index contributed by atoms with van der Waals surface area (Å²) in [5, 5.41) is 5.33. The number of hydrogen-bond donors (Lipinski definition) is 1. The predicted molar refractivity (Wildman–Crippen MR) is 68.9 cm³/mol. The van der Waals surface area contributed by atoms with Crippen LogP contribution < -0.4 is 5.32 Å². The monoisotopic (exact) mass is 233 g/mol. The number of rotatable bonds is 4. The van der Waals surface area contributed by atoms with Gasteiger partial charge in [-0.15, -0.1) is 11.3 Å². The SMILES string of the molecule is CCCNc1cncc(-c2ccsc2C)n1. The first kappa shape index (κ1) is 11.1. The van der Waals surface area contributed by atoms with Crippen LogP contribution in [-0.4, -0.2) is 16.5 Å². The third-order valence-electron chi connectivity index (χ3n) is 2.33. The average molecular weight is 233 g/mol. The zero-order valence-corrected chi connectivity index (χ0v) is 10.3. The third-order valence-corrected chi connectivity index (χ3v) is 3.17. The highest BCUT2D eigenvalue weighted by atomic mass is 32.1. The standard InChI is InChI=1S/C12H15N3S/c1-3-5-14-12-8-13-7-11(15-12)10-4-6-16-9(10)2/h4,6-8H,3,5H2,1-2H3,(H,14,15). The van der Waals surface area contributed by atoms with Crippen molar-refractivity contribution in [3.63, 3.8) is 0 Å². The number of aromatic nitrogens is 2. The first-order valence-corrected chi connectivity index (χ1v) is 6.29. The Morgan fingerprint density at radius 1 is 1.38 bits per heavy atom. The minimum atomic E-state index is 0.852. The molecule has 0 aliphatic heterocycles. The lowest BCUT2D eigenvalue weighted by Crippen LogP contribution is -2.02. The summed E-state index contributed by atoms with van der Waals surface area (Å²) in [6.07, 6.45) is 4.66. The number of aryl methyl sites for hydroxylation is 1. The van der Waals surface area contributed by atoms with Crippen LogP contribution in [0.2, 0.25) is 0 Å². The summed E-state index contributed by atoms with van der Waals surface area (Å²) < 4.78 is 0. The summed E-state index contributed by atoms with van der Waals surface area (Å²) in [6.45, 7) is 5.17. The minimum Gasteiger partial charge on any atom is -0.369 e. The molecular weight excluding hydrogens is 218 g/mol. The van der Waals surface area contributed by atoms with Gasteiger partial charge >= 0.3 is 0 Å². The minimum absolute atomic E-state index is 0.852. The third kappa shape index (κ3) is 2.39. The van der Waals surface area contributed by atoms with E-state index in [-0.39, 0.29) is 0 Å². The Balaban J connectivity index is 2.26. The summed E-state index contributed by atoms with van der Waals surface area (Å²) in [5.74, 6) is 0.852. The highest BCUT2D eigenvalue weighted by Gasteiger charge is 2.05. The molecule has 1 N–H and O–H groups in total. The fraction of sp³-hybridized carbons (Fsp3) is 0.333. The molecule has 84 valence electrons. The van der Waals surface area contributed by atoms with Crippen molar-refractivity contribution in [3.05, 3.63) is 28.7 Å². The van der Waals surface area contributed by atoms with Gasteiger partial charge in [0.15, 0.2) is 0 Å². The smallest absolute Gasteiger partial charge is 0.145 e. The van der Waals surface area contributed by atoms with Gasteiger partial charge in [0.25, 0.3) is 0 Å². The van der Waals surface area contributed by atoms with Gasteiger partial charge in [0, 0.05) is 17.0 Å². The van der Waals surface area contributed by atoms with E-state index < -0.39 is 0 Å². The fourth-order valence-electron chi connectivity index (χ4n) is 1.48. The van der Waals surface area contributed by atoms with Crippen molar-refractivity contribution in [2.45, 2.75) is 20.3 Å². The Hall–Kier alpha value is -1.42. The quantitative estimate of drug-likeness (QED) is 0.880. The van der Waals surface area contributed by atoms with Gasteiger partial charge in [0.2, 0.25) is 0 Å². The molecule has 0 amide bonds. The lowest BCUT2D eigenvalue weighted by atomic mass is 10.2. The molecule has 16 heavy (non-hydrogen) atoms. The molecule has 0 aliphatic carbocycles. The van der Waals surface area contributed by atoms with E-state index in [1.54, 1.807) is 17.5 Å². The molecule has 0 saturated carbocycles. The molecule has 0 unspecified atom stereocenters. The normalized spacial score (nSPS) is 10.4. The Morgan fingerprint density at radius 3 is 2.94 bits per heavy atom. The second-order valence-electron chi connectivity index (χ2n) is 3.61. The van der Waals surface area contributed by atoms with Crippen LogP contribution in [0.4, 0.5) is 5.82 Å². The van der Waals surface area contributed by atoms with Crippen LogP contribution in [0, 0.1) is 6.92 Å². The van der Waals surface area contributed by atoms with E-state index in [9.17, 15) is 0 Å². The number of nitrogens with one attached hydrogen (secondary N) is 1. The van der Waals surface area contributed by atoms with E-state index in [0.29, 0.717) is 0 Å². The van der Waals surface area contributed by atoms with Crippen LogP contribution in [0.5, 0.6) is 0 Å². The van der Waals surface area contributed by atoms with Crippen LogP contribution in [0.25, 0.3) is 11.3 Å². The highest BCUT2D eigenvalue weighted by molar-refractivity contribution is 7.10. The van der Waals surface area contributed by atoms with Gasteiger partial charge in [0.05, 0.1) is 18.1 Å². The van der Waals surface area contributed by atoms with E-state index in [1.165, 1.54) is 10.4 Å². The maximum atomic E-state index is 4.55. The van der Waals surface area contributed by atoms with E-state index in [4.69, 9.17) is 0 Å². The topological polar surface area (TPSA) is 37.8 Å². The van der Waals surface area contributed by atoms with Crippen molar-refractivity contribution >= 4 is 17.2 Å². The Kier molecular flexibility index (Phi) is 3.51. The van der Waals surface area contributed by atoms with Crippen molar-refractivity contribution in [1.29, 1.82) is 0 Å². The second kappa shape index (κ2) is 5.07. The number of thiophene rings is 1. The second-order valence-corrected chi connectivity index (χ2v) is 4.73. The van der Waals surface area contributed by atoms with Crippen molar-refractivity contribution < 1.29 is 0 Å². The first-order chi connectivity index (χ1) is 7.81. The molecule has 0 aromatic carbocycles. The molecule has 0 bridgehead atoms. The molecule has 0 fully saturated rings. The molecule has 2 aromatic heterocycles. The van der Waals surface area contributed by atoms with Crippen LogP contribution in [0.3, 0.4) is 0 Å². The molecule has 2 aromatic rings. The van der Waals surface area contributed by atoms with Gasteiger partial charge in [-0.25, -0.2) is 4.98 Å².